The predicted octanol–water partition coefficient (Wildman–Crippen LogP) is 0.190. The third kappa shape index (κ3) is 1.50. The van der Waals surface area contributed by atoms with Crippen LogP contribution in [0.5, 0.6) is 0 Å². The van der Waals surface area contributed by atoms with Gasteiger partial charge < -0.3 is 4.74 Å². The number of ether oxygens (including phenoxy) is 1. The molecule has 0 amide bonds. The van der Waals surface area contributed by atoms with Crippen LogP contribution < -0.4 is 0 Å². The van der Waals surface area contributed by atoms with E-state index >= 15 is 0 Å². The van der Waals surface area contributed by atoms with Crippen molar-refractivity contribution in [1.29, 1.82) is 0 Å². The van der Waals surface area contributed by atoms with Crippen LogP contribution in [0.4, 0.5) is 0 Å². The molecule has 0 saturated carbocycles. The number of methoxy groups -OCH3 is 1. The molecule has 9 heavy (non-hydrogen) atoms. The van der Waals surface area contributed by atoms with Gasteiger partial charge in [-0.05, 0) is 6.92 Å². The summed E-state index contributed by atoms with van der Waals surface area (Å²) in [4.78, 5) is 1.50. The van der Waals surface area contributed by atoms with Gasteiger partial charge >= 0.3 is 0 Å². The minimum Gasteiger partial charge on any atom is -0.361 e. The van der Waals surface area contributed by atoms with E-state index in [9.17, 15) is 0 Å². The molecule has 0 spiro atoms. The summed E-state index contributed by atoms with van der Waals surface area (Å²) in [7, 11) is 1.61. The Morgan fingerprint density at radius 2 is 2.56 bits per heavy atom. The van der Waals surface area contributed by atoms with Gasteiger partial charge in [0.1, 0.15) is 0 Å². The molecule has 1 heterocycles. The number of hydrogen-bond donors (Lipinski definition) is 0. The molecule has 1 aromatic heterocycles. The van der Waals surface area contributed by atoms with Crippen molar-refractivity contribution in [1.82, 2.24) is 15.0 Å². The number of rotatable bonds is 2. The molecule has 0 N–H and O–H groups in total. The summed E-state index contributed by atoms with van der Waals surface area (Å²) in [5.74, 6) is 0. The molecule has 0 aliphatic rings. The molecule has 0 radical (unpaired) electrons. The fourth-order valence-corrected chi connectivity index (χ4v) is 0.562. The Balaban J connectivity index is 2.61. The minimum absolute atomic E-state index is 0.424. The molecule has 4 heteroatoms. The van der Waals surface area contributed by atoms with E-state index in [1.54, 1.807) is 13.3 Å². The average molecular weight is 127 g/mol. The Labute approximate surface area is 53.4 Å². The topological polar surface area (TPSA) is 39.9 Å². The van der Waals surface area contributed by atoms with Crippen LogP contribution >= 0.6 is 0 Å². The Hall–Kier alpha value is -0.900. The normalized spacial score (nSPS) is 10.0. The Morgan fingerprint density at radius 1 is 1.78 bits per heavy atom. The maximum Gasteiger partial charge on any atom is 0.158 e. The highest BCUT2D eigenvalue weighted by Crippen LogP contribution is 1.85. The monoisotopic (exact) mass is 127 g/mol. The Kier molecular flexibility index (Phi) is 1.79. The summed E-state index contributed by atoms with van der Waals surface area (Å²) in [6.07, 6.45) is 1.69. The van der Waals surface area contributed by atoms with Gasteiger partial charge in [0.2, 0.25) is 0 Å². The van der Waals surface area contributed by atoms with Gasteiger partial charge in [-0.2, -0.15) is 15.0 Å². The second-order valence-corrected chi connectivity index (χ2v) is 1.78. The maximum absolute atomic E-state index is 4.78. The Bertz CT molecular complexity index is 184. The van der Waals surface area contributed by atoms with E-state index in [-0.39, 0.29) is 0 Å². The summed E-state index contributed by atoms with van der Waals surface area (Å²) < 4.78 is 4.78. The van der Waals surface area contributed by atoms with Crippen molar-refractivity contribution in [2.24, 2.45) is 0 Å². The molecular weight excluding hydrogens is 118 g/mol. The first-order valence-corrected chi connectivity index (χ1v) is 2.68. The summed E-state index contributed by atoms with van der Waals surface area (Å²) >= 11 is 0. The highest BCUT2D eigenvalue weighted by Gasteiger charge is 1.90. The van der Waals surface area contributed by atoms with E-state index in [0.717, 1.165) is 5.69 Å². The molecule has 50 valence electrons. The van der Waals surface area contributed by atoms with Gasteiger partial charge in [-0.3, -0.25) is 0 Å². The van der Waals surface area contributed by atoms with Crippen LogP contribution in [0.25, 0.3) is 0 Å². The van der Waals surface area contributed by atoms with Crippen molar-refractivity contribution < 1.29 is 4.74 Å². The second kappa shape index (κ2) is 2.59. The lowest BCUT2D eigenvalue weighted by Crippen LogP contribution is -2.03. The van der Waals surface area contributed by atoms with Gasteiger partial charge in [0, 0.05) is 7.11 Å². The summed E-state index contributed by atoms with van der Waals surface area (Å²) in [6.45, 7) is 2.31. The molecule has 0 atom stereocenters. The van der Waals surface area contributed by atoms with E-state index < -0.39 is 0 Å². The van der Waals surface area contributed by atoms with Gasteiger partial charge in [-0.1, -0.05) is 0 Å². The minimum atomic E-state index is 0.424. The number of hydrogen-bond acceptors (Lipinski definition) is 3. The molecule has 0 aliphatic heterocycles. The van der Waals surface area contributed by atoms with Crippen LogP contribution in [0, 0.1) is 6.92 Å². The zero-order valence-electron chi connectivity index (χ0n) is 5.53. The predicted molar refractivity (Wildman–Crippen MR) is 31.8 cm³/mol. The first kappa shape index (κ1) is 6.22. The van der Waals surface area contributed by atoms with Crippen molar-refractivity contribution in [3.63, 3.8) is 0 Å². The largest absolute Gasteiger partial charge is 0.361 e. The van der Waals surface area contributed by atoms with Gasteiger partial charge in [0.15, 0.2) is 6.73 Å². The average Bonchev–Trinajstić information content (AvgIpc) is 2.17. The van der Waals surface area contributed by atoms with Crippen molar-refractivity contribution in [2.75, 3.05) is 7.11 Å². The maximum atomic E-state index is 4.78. The van der Waals surface area contributed by atoms with E-state index in [0.29, 0.717) is 6.73 Å². The van der Waals surface area contributed by atoms with E-state index in [1.807, 2.05) is 6.92 Å². The fraction of sp³-hybridized carbons (Fsp3) is 0.600. The van der Waals surface area contributed by atoms with Crippen LogP contribution in [0.3, 0.4) is 0 Å². The van der Waals surface area contributed by atoms with Crippen LogP contribution in [0.2, 0.25) is 0 Å². The van der Waals surface area contributed by atoms with Crippen molar-refractivity contribution in [2.45, 2.75) is 13.7 Å². The third-order valence-electron chi connectivity index (χ3n) is 0.896. The zero-order chi connectivity index (χ0) is 6.69. The van der Waals surface area contributed by atoms with Crippen molar-refractivity contribution >= 4 is 0 Å². The first-order valence-electron chi connectivity index (χ1n) is 2.68. The molecule has 1 aromatic rings. The molecular formula is C5H9N3O. The molecule has 0 bridgehead atoms. The highest BCUT2D eigenvalue weighted by molar-refractivity contribution is 4.84. The second-order valence-electron chi connectivity index (χ2n) is 1.78. The van der Waals surface area contributed by atoms with E-state index in [4.69, 9.17) is 4.74 Å². The smallest absolute Gasteiger partial charge is 0.158 e. The van der Waals surface area contributed by atoms with Crippen molar-refractivity contribution in [3.8, 4) is 0 Å². The van der Waals surface area contributed by atoms with Gasteiger partial charge in [-0.25, -0.2) is 0 Å². The SMILES string of the molecule is COCn1ncc(C)n1. The van der Waals surface area contributed by atoms with Crippen molar-refractivity contribution in [3.05, 3.63) is 11.9 Å². The Morgan fingerprint density at radius 3 is 3.00 bits per heavy atom. The van der Waals surface area contributed by atoms with Crippen LogP contribution in [-0.2, 0) is 11.5 Å². The lowest BCUT2D eigenvalue weighted by Gasteiger charge is -1.93. The number of nitrogens with zero attached hydrogens (tertiary/aromatic N) is 3. The number of aromatic nitrogens is 3. The fourth-order valence-electron chi connectivity index (χ4n) is 0.562. The highest BCUT2D eigenvalue weighted by atomic mass is 16.5. The third-order valence-corrected chi connectivity index (χ3v) is 0.896. The van der Waals surface area contributed by atoms with Crippen LogP contribution in [-0.4, -0.2) is 22.1 Å². The van der Waals surface area contributed by atoms with Gasteiger partial charge in [-0.15, -0.1) is 0 Å². The molecule has 0 saturated heterocycles. The first-order chi connectivity index (χ1) is 4.33. The molecule has 4 nitrogen and oxygen atoms in total. The van der Waals surface area contributed by atoms with Gasteiger partial charge in [0.25, 0.3) is 0 Å². The summed E-state index contributed by atoms with van der Waals surface area (Å²) in [5, 5.41) is 7.87. The quantitative estimate of drug-likeness (QED) is 0.569. The van der Waals surface area contributed by atoms with E-state index in [2.05, 4.69) is 10.2 Å². The number of aryl methyl sites for hydroxylation is 1. The zero-order valence-corrected chi connectivity index (χ0v) is 5.53. The summed E-state index contributed by atoms with van der Waals surface area (Å²) in [6, 6.07) is 0. The van der Waals surface area contributed by atoms with E-state index in [1.165, 1.54) is 4.80 Å². The molecule has 0 aliphatic carbocycles. The lowest BCUT2D eigenvalue weighted by molar-refractivity contribution is 0.108. The molecule has 1 rings (SSSR count). The molecule has 0 unspecified atom stereocenters. The lowest BCUT2D eigenvalue weighted by atomic mass is 10.6. The van der Waals surface area contributed by atoms with Crippen LogP contribution in [0.15, 0.2) is 6.20 Å². The molecule has 0 aromatic carbocycles. The molecule has 0 fully saturated rings. The van der Waals surface area contributed by atoms with Crippen LogP contribution in [0.1, 0.15) is 5.69 Å². The summed E-state index contributed by atoms with van der Waals surface area (Å²) in [5.41, 5.74) is 0.909. The standard InChI is InChI=1S/C5H9N3O/c1-5-3-6-8(7-5)4-9-2/h3H,4H2,1-2H3. The van der Waals surface area contributed by atoms with Gasteiger partial charge in [0.05, 0.1) is 11.9 Å².